The van der Waals surface area contributed by atoms with Crippen LogP contribution in [0.25, 0.3) is 0 Å². The van der Waals surface area contributed by atoms with E-state index in [4.69, 9.17) is 16.3 Å². The lowest BCUT2D eigenvalue weighted by Gasteiger charge is -2.07. The Hall–Kier alpha value is -2.01. The van der Waals surface area contributed by atoms with E-state index in [0.717, 1.165) is 0 Å². The fourth-order valence-corrected chi connectivity index (χ4v) is 1.78. The molecule has 1 aromatic carbocycles. The van der Waals surface area contributed by atoms with Gasteiger partial charge in [0.05, 0.1) is 23.9 Å². The first-order chi connectivity index (χ1) is 8.61. The third-order valence-electron chi connectivity index (χ3n) is 2.48. The van der Waals surface area contributed by atoms with Crippen LogP contribution in [0.4, 0.5) is 5.69 Å². The lowest BCUT2D eigenvalue weighted by molar-refractivity contribution is 0.102. The van der Waals surface area contributed by atoms with Crippen LogP contribution in [0.15, 0.2) is 24.4 Å². The van der Waals surface area contributed by atoms with Gasteiger partial charge in [-0.1, -0.05) is 11.6 Å². The van der Waals surface area contributed by atoms with Crippen molar-refractivity contribution < 1.29 is 9.53 Å². The van der Waals surface area contributed by atoms with Crippen LogP contribution in [0.1, 0.15) is 16.1 Å². The molecule has 0 spiro atoms. The van der Waals surface area contributed by atoms with E-state index in [2.05, 4.69) is 15.5 Å². The summed E-state index contributed by atoms with van der Waals surface area (Å²) >= 11 is 5.97. The maximum Gasteiger partial charge on any atom is 0.259 e. The van der Waals surface area contributed by atoms with Crippen LogP contribution in [0.2, 0.25) is 5.02 Å². The van der Waals surface area contributed by atoms with Crippen LogP contribution >= 0.6 is 11.6 Å². The lowest BCUT2D eigenvalue weighted by Crippen LogP contribution is -2.12. The van der Waals surface area contributed by atoms with Gasteiger partial charge in [0.25, 0.3) is 5.91 Å². The van der Waals surface area contributed by atoms with Gasteiger partial charge in [-0.15, -0.1) is 0 Å². The summed E-state index contributed by atoms with van der Waals surface area (Å²) in [6.45, 7) is 1.78. The third kappa shape index (κ3) is 2.46. The van der Waals surface area contributed by atoms with E-state index >= 15 is 0 Å². The van der Waals surface area contributed by atoms with E-state index in [9.17, 15) is 4.79 Å². The Morgan fingerprint density at radius 3 is 2.83 bits per heavy atom. The first kappa shape index (κ1) is 12.4. The summed E-state index contributed by atoms with van der Waals surface area (Å²) in [5.41, 5.74) is 1.82. The van der Waals surface area contributed by atoms with Crippen molar-refractivity contribution >= 4 is 23.2 Å². The van der Waals surface area contributed by atoms with Crippen LogP contribution in [0, 0.1) is 6.92 Å². The Balaban J connectivity index is 2.17. The lowest BCUT2D eigenvalue weighted by atomic mass is 10.2. The van der Waals surface area contributed by atoms with Crippen molar-refractivity contribution in [3.63, 3.8) is 0 Å². The molecule has 1 amide bonds. The number of carbonyl (C=O) groups is 1. The van der Waals surface area contributed by atoms with E-state index in [1.54, 1.807) is 25.1 Å². The van der Waals surface area contributed by atoms with Crippen molar-refractivity contribution in [1.29, 1.82) is 0 Å². The van der Waals surface area contributed by atoms with Gasteiger partial charge in [0.15, 0.2) is 0 Å². The highest BCUT2D eigenvalue weighted by molar-refractivity contribution is 6.32. The highest BCUT2D eigenvalue weighted by atomic mass is 35.5. The van der Waals surface area contributed by atoms with Crippen molar-refractivity contribution in [2.75, 3.05) is 12.4 Å². The number of nitrogens with one attached hydrogen (secondary N) is 2. The molecule has 0 aliphatic heterocycles. The van der Waals surface area contributed by atoms with Crippen LogP contribution in [0.3, 0.4) is 0 Å². The van der Waals surface area contributed by atoms with Crippen LogP contribution in [-0.2, 0) is 0 Å². The number of hydrogen-bond donors (Lipinski definition) is 2. The van der Waals surface area contributed by atoms with Gasteiger partial charge in [0, 0.05) is 11.4 Å². The zero-order valence-electron chi connectivity index (χ0n) is 9.95. The number of aromatic nitrogens is 2. The Labute approximate surface area is 109 Å². The number of H-pyrrole nitrogens is 1. The van der Waals surface area contributed by atoms with Crippen LogP contribution in [0.5, 0.6) is 5.75 Å². The summed E-state index contributed by atoms with van der Waals surface area (Å²) in [5.74, 6) is 0.330. The minimum Gasteiger partial charge on any atom is -0.495 e. The number of carbonyl (C=O) groups excluding carboxylic acids is 1. The molecule has 2 aromatic rings. The Morgan fingerprint density at radius 2 is 2.28 bits per heavy atom. The molecular formula is C12H12ClN3O2. The molecule has 6 heteroatoms. The Kier molecular flexibility index (Phi) is 3.53. The second-order valence-electron chi connectivity index (χ2n) is 3.71. The second-order valence-corrected chi connectivity index (χ2v) is 4.12. The standard InChI is InChI=1S/C12H12ClN3O2/c1-7-9(6-14-16-7)12(17)15-8-3-4-11(18-2)10(13)5-8/h3-6H,1-2H3,(H,14,16)(H,15,17). The second kappa shape index (κ2) is 5.10. The van der Waals surface area contributed by atoms with E-state index in [-0.39, 0.29) is 5.91 Å². The number of halogens is 1. The monoisotopic (exact) mass is 265 g/mol. The third-order valence-corrected chi connectivity index (χ3v) is 2.78. The van der Waals surface area contributed by atoms with Crippen LogP contribution < -0.4 is 10.1 Å². The van der Waals surface area contributed by atoms with Gasteiger partial charge in [0.1, 0.15) is 5.75 Å². The van der Waals surface area contributed by atoms with Crippen molar-refractivity contribution in [2.24, 2.45) is 0 Å². The molecule has 0 aliphatic rings. The molecule has 94 valence electrons. The van der Waals surface area contributed by atoms with Crippen molar-refractivity contribution in [1.82, 2.24) is 10.2 Å². The Morgan fingerprint density at radius 1 is 1.50 bits per heavy atom. The number of aromatic amines is 1. The predicted octanol–water partition coefficient (Wildman–Crippen LogP) is 2.63. The summed E-state index contributed by atoms with van der Waals surface area (Å²) in [4.78, 5) is 11.9. The van der Waals surface area contributed by atoms with Gasteiger partial charge in [-0.25, -0.2) is 0 Å². The number of ether oxygens (including phenoxy) is 1. The molecule has 2 rings (SSSR count). The predicted molar refractivity (Wildman–Crippen MR) is 69.3 cm³/mol. The minimum absolute atomic E-state index is 0.234. The van der Waals surface area contributed by atoms with Crippen molar-refractivity contribution in [3.8, 4) is 5.75 Å². The van der Waals surface area contributed by atoms with Gasteiger partial charge in [-0.3, -0.25) is 9.89 Å². The number of benzene rings is 1. The van der Waals surface area contributed by atoms with Crippen molar-refractivity contribution in [3.05, 3.63) is 40.7 Å². The maximum absolute atomic E-state index is 11.9. The minimum atomic E-state index is -0.234. The molecule has 0 radical (unpaired) electrons. The average molecular weight is 266 g/mol. The molecule has 0 saturated heterocycles. The summed E-state index contributed by atoms with van der Waals surface area (Å²) < 4.78 is 5.04. The van der Waals surface area contributed by atoms with E-state index < -0.39 is 0 Å². The summed E-state index contributed by atoms with van der Waals surface area (Å²) in [6.07, 6.45) is 1.48. The molecule has 0 unspecified atom stereocenters. The molecule has 18 heavy (non-hydrogen) atoms. The molecule has 0 atom stereocenters. The zero-order chi connectivity index (χ0) is 13.1. The molecule has 1 heterocycles. The number of hydrogen-bond acceptors (Lipinski definition) is 3. The number of amides is 1. The van der Waals surface area contributed by atoms with Gasteiger partial charge in [-0.2, -0.15) is 5.10 Å². The van der Waals surface area contributed by atoms with Gasteiger partial charge < -0.3 is 10.1 Å². The van der Waals surface area contributed by atoms with E-state index in [1.165, 1.54) is 13.3 Å². The highest BCUT2D eigenvalue weighted by Crippen LogP contribution is 2.27. The molecule has 1 aromatic heterocycles. The summed E-state index contributed by atoms with van der Waals surface area (Å²) in [5, 5.41) is 9.69. The number of aryl methyl sites for hydroxylation is 1. The number of rotatable bonds is 3. The van der Waals surface area contributed by atoms with Gasteiger partial charge in [0.2, 0.25) is 0 Å². The zero-order valence-corrected chi connectivity index (χ0v) is 10.7. The topological polar surface area (TPSA) is 67.0 Å². The van der Waals surface area contributed by atoms with E-state index in [1.807, 2.05) is 0 Å². The number of nitrogens with zero attached hydrogens (tertiary/aromatic N) is 1. The fraction of sp³-hybridized carbons (Fsp3) is 0.167. The van der Waals surface area contributed by atoms with Crippen molar-refractivity contribution in [2.45, 2.75) is 6.92 Å². The van der Waals surface area contributed by atoms with Gasteiger partial charge >= 0.3 is 0 Å². The first-order valence-electron chi connectivity index (χ1n) is 5.26. The number of anilines is 1. The first-order valence-corrected chi connectivity index (χ1v) is 5.64. The highest BCUT2D eigenvalue weighted by Gasteiger charge is 2.11. The molecule has 0 bridgehead atoms. The smallest absolute Gasteiger partial charge is 0.259 e. The largest absolute Gasteiger partial charge is 0.495 e. The maximum atomic E-state index is 11.9. The van der Waals surface area contributed by atoms with Gasteiger partial charge in [-0.05, 0) is 25.1 Å². The molecule has 2 N–H and O–H groups in total. The molecular weight excluding hydrogens is 254 g/mol. The molecule has 5 nitrogen and oxygen atoms in total. The molecule has 0 saturated carbocycles. The average Bonchev–Trinajstić information content (AvgIpc) is 2.76. The molecule has 0 fully saturated rings. The SMILES string of the molecule is COc1ccc(NC(=O)c2cn[nH]c2C)cc1Cl. The molecule has 0 aliphatic carbocycles. The summed E-state index contributed by atoms with van der Waals surface area (Å²) in [7, 11) is 1.54. The fourth-order valence-electron chi connectivity index (χ4n) is 1.52. The quantitative estimate of drug-likeness (QED) is 0.896. The van der Waals surface area contributed by atoms with Crippen LogP contribution in [-0.4, -0.2) is 23.2 Å². The van der Waals surface area contributed by atoms with E-state index in [0.29, 0.717) is 27.7 Å². The summed E-state index contributed by atoms with van der Waals surface area (Å²) in [6, 6.07) is 5.05. The normalized spacial score (nSPS) is 10.2. The Bertz CT molecular complexity index is 580. The number of methoxy groups -OCH3 is 1.